The minimum atomic E-state index is -0.332. The Hall–Kier alpha value is -2.62. The predicted molar refractivity (Wildman–Crippen MR) is 110 cm³/mol. The first-order chi connectivity index (χ1) is 12.6. The average Bonchev–Trinajstić information content (AvgIpc) is 2.99. The molecule has 1 atom stereocenters. The highest BCUT2D eigenvalue weighted by Gasteiger charge is 2.35. The van der Waals surface area contributed by atoms with Gasteiger partial charge in [0.2, 0.25) is 11.8 Å². The fourth-order valence-corrected chi connectivity index (χ4v) is 3.32. The molecule has 2 amide bonds. The molecule has 1 aliphatic rings. The second kappa shape index (κ2) is 7.18. The molecule has 1 fully saturated rings. The van der Waals surface area contributed by atoms with Crippen LogP contribution in [0.15, 0.2) is 42.5 Å². The Morgan fingerprint density at radius 2 is 1.70 bits per heavy atom. The third kappa shape index (κ3) is 4.21. The van der Waals surface area contributed by atoms with E-state index in [1.165, 1.54) is 11.1 Å². The van der Waals surface area contributed by atoms with E-state index in [0.29, 0.717) is 6.54 Å². The number of nitrogens with one attached hydrogen (secondary N) is 1. The van der Waals surface area contributed by atoms with Crippen molar-refractivity contribution in [3.63, 3.8) is 0 Å². The molecule has 0 aliphatic carbocycles. The molecule has 0 saturated carbocycles. The topological polar surface area (TPSA) is 49.4 Å². The highest BCUT2D eigenvalue weighted by Crippen LogP contribution is 2.28. The Morgan fingerprint density at radius 3 is 2.30 bits per heavy atom. The molecule has 1 N–H and O–H groups in total. The number of carbonyl (C=O) groups is 2. The summed E-state index contributed by atoms with van der Waals surface area (Å²) in [6.07, 6.45) is 0.249. The number of nitrogens with zero attached hydrogens (tertiary/aromatic N) is 1. The van der Waals surface area contributed by atoms with Gasteiger partial charge in [0, 0.05) is 24.3 Å². The summed E-state index contributed by atoms with van der Waals surface area (Å²) < 4.78 is 0. The minimum absolute atomic E-state index is 0.00137. The van der Waals surface area contributed by atoms with E-state index in [2.05, 4.69) is 26.1 Å². The van der Waals surface area contributed by atoms with Crippen molar-refractivity contribution < 1.29 is 9.59 Å². The van der Waals surface area contributed by atoms with Crippen LogP contribution in [-0.4, -0.2) is 18.4 Å². The van der Waals surface area contributed by atoms with Gasteiger partial charge in [-0.1, -0.05) is 39.0 Å². The van der Waals surface area contributed by atoms with Crippen LogP contribution in [0.3, 0.4) is 0 Å². The summed E-state index contributed by atoms with van der Waals surface area (Å²) in [6.45, 7) is 11.0. The average molecular weight is 364 g/mol. The van der Waals surface area contributed by atoms with Gasteiger partial charge in [0.15, 0.2) is 0 Å². The number of carbonyl (C=O) groups excluding carboxylic acids is 2. The second-order valence-electron chi connectivity index (χ2n) is 8.49. The van der Waals surface area contributed by atoms with Crippen molar-refractivity contribution >= 4 is 23.2 Å². The van der Waals surface area contributed by atoms with E-state index < -0.39 is 0 Å². The Kier molecular flexibility index (Phi) is 5.09. The Labute approximate surface area is 161 Å². The lowest BCUT2D eigenvalue weighted by Gasteiger charge is -2.20. The number of hydrogen-bond donors (Lipinski definition) is 1. The first kappa shape index (κ1) is 19.2. The van der Waals surface area contributed by atoms with Gasteiger partial charge in [-0.05, 0) is 60.2 Å². The van der Waals surface area contributed by atoms with Gasteiger partial charge in [0.05, 0.1) is 5.92 Å². The maximum Gasteiger partial charge on any atom is 0.229 e. The van der Waals surface area contributed by atoms with Crippen LogP contribution in [0, 0.1) is 19.8 Å². The van der Waals surface area contributed by atoms with E-state index in [4.69, 9.17) is 0 Å². The lowest BCUT2D eigenvalue weighted by molar-refractivity contribution is -0.122. The molecule has 4 nitrogen and oxygen atoms in total. The maximum atomic E-state index is 12.7. The summed E-state index contributed by atoms with van der Waals surface area (Å²) in [5.41, 5.74) is 5.27. The molecular formula is C23H28N2O2. The van der Waals surface area contributed by atoms with Gasteiger partial charge < -0.3 is 10.2 Å². The highest BCUT2D eigenvalue weighted by atomic mass is 16.2. The fourth-order valence-electron chi connectivity index (χ4n) is 3.32. The molecule has 0 aromatic heterocycles. The molecule has 4 heteroatoms. The third-order valence-corrected chi connectivity index (χ3v) is 5.32. The van der Waals surface area contributed by atoms with Crippen molar-refractivity contribution in [1.82, 2.24) is 0 Å². The molecule has 1 saturated heterocycles. The zero-order valence-corrected chi connectivity index (χ0v) is 16.8. The number of anilines is 2. The number of hydrogen-bond acceptors (Lipinski definition) is 2. The van der Waals surface area contributed by atoms with Gasteiger partial charge in [-0.25, -0.2) is 0 Å². The molecule has 0 radical (unpaired) electrons. The van der Waals surface area contributed by atoms with Crippen molar-refractivity contribution in [2.75, 3.05) is 16.8 Å². The molecule has 0 unspecified atom stereocenters. The molecule has 27 heavy (non-hydrogen) atoms. The molecule has 1 aliphatic heterocycles. The van der Waals surface area contributed by atoms with Gasteiger partial charge in [0.1, 0.15) is 0 Å². The van der Waals surface area contributed by atoms with Crippen LogP contribution in [0.2, 0.25) is 0 Å². The lowest BCUT2D eigenvalue weighted by Crippen LogP contribution is -2.28. The van der Waals surface area contributed by atoms with Crippen LogP contribution in [0.4, 0.5) is 11.4 Å². The van der Waals surface area contributed by atoms with E-state index in [9.17, 15) is 9.59 Å². The first-order valence-electron chi connectivity index (χ1n) is 9.44. The van der Waals surface area contributed by atoms with E-state index in [1.54, 1.807) is 4.90 Å². The van der Waals surface area contributed by atoms with E-state index >= 15 is 0 Å². The Morgan fingerprint density at radius 1 is 1.04 bits per heavy atom. The Bertz CT molecular complexity index is 863. The van der Waals surface area contributed by atoms with E-state index in [0.717, 1.165) is 16.9 Å². The molecular weight excluding hydrogens is 336 g/mol. The van der Waals surface area contributed by atoms with Gasteiger partial charge in [-0.2, -0.15) is 0 Å². The van der Waals surface area contributed by atoms with Crippen molar-refractivity contribution in [3.05, 3.63) is 59.2 Å². The van der Waals surface area contributed by atoms with Gasteiger partial charge in [-0.3, -0.25) is 9.59 Å². The number of rotatable bonds is 3. The number of aryl methyl sites for hydroxylation is 2. The summed E-state index contributed by atoms with van der Waals surface area (Å²) >= 11 is 0. The van der Waals surface area contributed by atoms with Crippen LogP contribution in [0.5, 0.6) is 0 Å². The smallest absolute Gasteiger partial charge is 0.229 e. The normalized spacial score (nSPS) is 17.3. The van der Waals surface area contributed by atoms with Crippen LogP contribution < -0.4 is 10.2 Å². The summed E-state index contributed by atoms with van der Waals surface area (Å²) in [7, 11) is 0. The summed E-state index contributed by atoms with van der Waals surface area (Å²) in [5.74, 6) is -0.430. The molecule has 1 heterocycles. The van der Waals surface area contributed by atoms with Gasteiger partial charge >= 0.3 is 0 Å². The number of amides is 2. The van der Waals surface area contributed by atoms with Crippen molar-refractivity contribution in [1.29, 1.82) is 0 Å². The van der Waals surface area contributed by atoms with Crippen molar-refractivity contribution in [2.45, 2.75) is 46.5 Å². The monoisotopic (exact) mass is 364 g/mol. The molecule has 3 rings (SSSR count). The lowest BCUT2D eigenvalue weighted by atomic mass is 9.87. The SMILES string of the molecule is Cc1ccc(N2C[C@H](C(=O)Nc3ccc(C(C)(C)C)cc3)CC2=O)cc1C. The van der Waals surface area contributed by atoms with E-state index in [1.807, 2.05) is 56.3 Å². The largest absolute Gasteiger partial charge is 0.326 e. The minimum Gasteiger partial charge on any atom is -0.326 e. The molecule has 0 bridgehead atoms. The zero-order valence-electron chi connectivity index (χ0n) is 16.8. The zero-order chi connectivity index (χ0) is 19.8. The molecule has 2 aromatic carbocycles. The Balaban J connectivity index is 1.67. The standard InChI is InChI=1S/C23H28N2O2/c1-15-6-11-20(12-16(15)2)25-14-17(13-21(25)26)22(27)24-19-9-7-18(8-10-19)23(3,4)5/h6-12,17H,13-14H2,1-5H3,(H,24,27)/t17-/m1/s1. The van der Waals surface area contributed by atoms with E-state index in [-0.39, 0.29) is 29.6 Å². The predicted octanol–water partition coefficient (Wildman–Crippen LogP) is 4.59. The molecule has 0 spiro atoms. The van der Waals surface area contributed by atoms with Crippen molar-refractivity contribution in [3.8, 4) is 0 Å². The molecule has 2 aromatic rings. The number of benzene rings is 2. The first-order valence-corrected chi connectivity index (χ1v) is 9.44. The quantitative estimate of drug-likeness (QED) is 0.866. The van der Waals surface area contributed by atoms with Gasteiger partial charge in [-0.15, -0.1) is 0 Å². The maximum absolute atomic E-state index is 12.7. The van der Waals surface area contributed by atoms with Crippen molar-refractivity contribution in [2.24, 2.45) is 5.92 Å². The van der Waals surface area contributed by atoms with Gasteiger partial charge in [0.25, 0.3) is 0 Å². The highest BCUT2D eigenvalue weighted by molar-refractivity contribution is 6.03. The molecule has 142 valence electrons. The van der Waals surface area contributed by atoms with Crippen LogP contribution in [-0.2, 0) is 15.0 Å². The fraction of sp³-hybridized carbons (Fsp3) is 0.391. The third-order valence-electron chi connectivity index (χ3n) is 5.32. The summed E-state index contributed by atoms with van der Waals surface area (Å²) in [5, 5.41) is 2.96. The van der Waals surface area contributed by atoms with Crippen LogP contribution in [0.1, 0.15) is 43.9 Å². The second-order valence-corrected chi connectivity index (χ2v) is 8.49. The summed E-state index contributed by atoms with van der Waals surface area (Å²) in [6, 6.07) is 13.9. The summed E-state index contributed by atoms with van der Waals surface area (Å²) in [4.78, 5) is 26.8. The van der Waals surface area contributed by atoms with Crippen LogP contribution >= 0.6 is 0 Å². The van der Waals surface area contributed by atoms with Crippen LogP contribution in [0.25, 0.3) is 0 Å².